The van der Waals surface area contributed by atoms with Crippen molar-refractivity contribution in [1.29, 1.82) is 0 Å². The molecule has 1 heterocycles. The number of hydrogen-bond acceptors (Lipinski definition) is 3. The fourth-order valence-electron chi connectivity index (χ4n) is 2.08. The summed E-state index contributed by atoms with van der Waals surface area (Å²) in [5.41, 5.74) is 0. The molecule has 5 nitrogen and oxygen atoms in total. The number of carboxylic acids is 1. The average molecular weight is 288 g/mol. The van der Waals surface area contributed by atoms with Gasteiger partial charge in [-0.3, -0.25) is 0 Å². The van der Waals surface area contributed by atoms with Crippen molar-refractivity contribution in [1.82, 2.24) is 10.2 Å². The van der Waals surface area contributed by atoms with Crippen LogP contribution in [0, 0.1) is 5.92 Å². The van der Waals surface area contributed by atoms with Gasteiger partial charge in [0.05, 0.1) is 0 Å². The van der Waals surface area contributed by atoms with Crippen LogP contribution in [0.1, 0.15) is 33.6 Å². The van der Waals surface area contributed by atoms with Gasteiger partial charge in [-0.05, 0) is 38.9 Å². The Morgan fingerprint density at radius 2 is 2.11 bits per heavy atom. The molecule has 0 aromatic heterocycles. The molecular formula is C13H24N2O3S. The summed E-state index contributed by atoms with van der Waals surface area (Å²) in [6, 6.07) is -0.956. The second-order valence-corrected chi connectivity index (χ2v) is 7.31. The number of urea groups is 1. The summed E-state index contributed by atoms with van der Waals surface area (Å²) >= 11 is 1.67. The van der Waals surface area contributed by atoms with E-state index in [9.17, 15) is 14.7 Å². The van der Waals surface area contributed by atoms with E-state index in [1.165, 1.54) is 4.90 Å². The van der Waals surface area contributed by atoms with Gasteiger partial charge in [0.15, 0.2) is 0 Å². The molecule has 1 saturated heterocycles. The van der Waals surface area contributed by atoms with Gasteiger partial charge in [0.25, 0.3) is 0 Å². The molecule has 2 unspecified atom stereocenters. The molecule has 0 bridgehead atoms. The number of aliphatic carboxylic acids is 1. The molecule has 0 aromatic rings. The Morgan fingerprint density at radius 1 is 1.47 bits per heavy atom. The van der Waals surface area contributed by atoms with Gasteiger partial charge < -0.3 is 15.3 Å². The summed E-state index contributed by atoms with van der Waals surface area (Å²) in [7, 11) is 0. The van der Waals surface area contributed by atoms with Crippen molar-refractivity contribution in [3.63, 3.8) is 0 Å². The van der Waals surface area contributed by atoms with Crippen LogP contribution < -0.4 is 5.32 Å². The van der Waals surface area contributed by atoms with Crippen molar-refractivity contribution < 1.29 is 14.7 Å². The number of carbonyl (C=O) groups excluding carboxylic acids is 1. The maximum Gasteiger partial charge on any atom is 0.326 e. The first kappa shape index (κ1) is 16.1. The first-order valence-electron chi connectivity index (χ1n) is 6.59. The fourth-order valence-corrected chi connectivity index (χ4v) is 2.30. The maximum atomic E-state index is 12.1. The Labute approximate surface area is 119 Å². The smallest absolute Gasteiger partial charge is 0.326 e. The molecule has 0 aliphatic carbocycles. The van der Waals surface area contributed by atoms with E-state index in [1.807, 2.05) is 27.0 Å². The standard InChI is InChI=1S/C13H24N2O3S/c1-9-5-6-15(10(7-9)11(16)17)12(18)14-8-13(2,3)19-4/h9-10H,5-8H2,1-4H3,(H,14,18)(H,16,17). The highest BCUT2D eigenvalue weighted by atomic mass is 32.2. The molecule has 2 N–H and O–H groups in total. The Balaban J connectivity index is 2.61. The molecule has 0 aromatic carbocycles. The number of nitrogens with zero attached hydrogens (tertiary/aromatic N) is 1. The van der Waals surface area contributed by atoms with Gasteiger partial charge in [0.2, 0.25) is 0 Å². The second-order valence-electron chi connectivity index (χ2n) is 5.80. The normalized spacial score (nSPS) is 24.1. The van der Waals surface area contributed by atoms with Crippen LogP contribution >= 0.6 is 11.8 Å². The summed E-state index contributed by atoms with van der Waals surface area (Å²) in [6.45, 7) is 7.17. The van der Waals surface area contributed by atoms with E-state index in [4.69, 9.17) is 0 Å². The van der Waals surface area contributed by atoms with Crippen LogP contribution in [-0.4, -0.2) is 52.1 Å². The van der Waals surface area contributed by atoms with E-state index < -0.39 is 12.0 Å². The monoisotopic (exact) mass is 288 g/mol. The summed E-state index contributed by atoms with van der Waals surface area (Å²) in [6.07, 6.45) is 3.40. The topological polar surface area (TPSA) is 69.6 Å². The van der Waals surface area contributed by atoms with Crippen molar-refractivity contribution in [3.8, 4) is 0 Å². The lowest BCUT2D eigenvalue weighted by atomic mass is 9.93. The summed E-state index contributed by atoms with van der Waals surface area (Å²) < 4.78 is -0.0442. The highest BCUT2D eigenvalue weighted by molar-refractivity contribution is 7.99. The molecule has 0 spiro atoms. The molecule has 2 atom stereocenters. The van der Waals surface area contributed by atoms with E-state index in [0.29, 0.717) is 25.4 Å². The molecule has 19 heavy (non-hydrogen) atoms. The number of hydrogen-bond donors (Lipinski definition) is 2. The van der Waals surface area contributed by atoms with E-state index >= 15 is 0 Å². The second kappa shape index (κ2) is 6.50. The van der Waals surface area contributed by atoms with E-state index in [2.05, 4.69) is 5.32 Å². The van der Waals surface area contributed by atoms with Gasteiger partial charge in [-0.2, -0.15) is 11.8 Å². The molecule has 2 amide bonds. The zero-order valence-electron chi connectivity index (χ0n) is 12.1. The third-order valence-electron chi connectivity index (χ3n) is 3.63. The van der Waals surface area contributed by atoms with Crippen LogP contribution in [-0.2, 0) is 4.79 Å². The van der Waals surface area contributed by atoms with Crippen LogP contribution in [0.3, 0.4) is 0 Å². The lowest BCUT2D eigenvalue weighted by Gasteiger charge is -2.36. The molecule has 6 heteroatoms. The lowest BCUT2D eigenvalue weighted by molar-refractivity contribution is -0.143. The number of piperidine rings is 1. The van der Waals surface area contributed by atoms with Gasteiger partial charge in [-0.25, -0.2) is 9.59 Å². The number of carboxylic acid groups (broad SMARTS) is 1. The minimum Gasteiger partial charge on any atom is -0.480 e. The van der Waals surface area contributed by atoms with Crippen LogP contribution in [0.4, 0.5) is 4.79 Å². The molecule has 0 radical (unpaired) electrons. The van der Waals surface area contributed by atoms with Gasteiger partial charge in [0.1, 0.15) is 6.04 Å². The number of amides is 2. The third kappa shape index (κ3) is 4.60. The van der Waals surface area contributed by atoms with E-state index in [0.717, 1.165) is 6.42 Å². The average Bonchev–Trinajstić information content (AvgIpc) is 2.36. The largest absolute Gasteiger partial charge is 0.480 e. The molecule has 110 valence electrons. The van der Waals surface area contributed by atoms with E-state index in [1.54, 1.807) is 11.8 Å². The quantitative estimate of drug-likeness (QED) is 0.830. The Morgan fingerprint density at radius 3 is 2.63 bits per heavy atom. The lowest BCUT2D eigenvalue weighted by Crippen LogP contribution is -2.54. The van der Waals surface area contributed by atoms with Crippen LogP contribution in [0.15, 0.2) is 0 Å². The van der Waals surface area contributed by atoms with Crippen molar-refractivity contribution in [2.24, 2.45) is 5.92 Å². The molecule has 1 aliphatic rings. The Bertz CT molecular complexity index is 347. The minimum atomic E-state index is -0.911. The number of carbonyl (C=O) groups is 2. The van der Waals surface area contributed by atoms with E-state index in [-0.39, 0.29) is 10.8 Å². The zero-order valence-corrected chi connectivity index (χ0v) is 12.9. The minimum absolute atomic E-state index is 0.0442. The Kier molecular flexibility index (Phi) is 5.52. The Hall–Kier alpha value is -0.910. The molecule has 0 saturated carbocycles. The van der Waals surface area contributed by atoms with Crippen molar-refractivity contribution in [2.75, 3.05) is 19.3 Å². The predicted molar refractivity (Wildman–Crippen MR) is 77.5 cm³/mol. The fraction of sp³-hybridized carbons (Fsp3) is 0.846. The first-order valence-corrected chi connectivity index (χ1v) is 7.81. The zero-order chi connectivity index (χ0) is 14.6. The summed E-state index contributed by atoms with van der Waals surface area (Å²) in [5.74, 6) is -0.557. The van der Waals surface area contributed by atoms with Crippen LogP contribution in [0.5, 0.6) is 0 Å². The summed E-state index contributed by atoms with van der Waals surface area (Å²) in [4.78, 5) is 24.8. The summed E-state index contributed by atoms with van der Waals surface area (Å²) in [5, 5.41) is 12.1. The number of nitrogens with one attached hydrogen (secondary N) is 1. The first-order chi connectivity index (χ1) is 8.76. The molecule has 1 rings (SSSR count). The SMILES string of the molecule is CSC(C)(C)CNC(=O)N1CCC(C)CC1C(=O)O. The maximum absolute atomic E-state index is 12.1. The highest BCUT2D eigenvalue weighted by Crippen LogP contribution is 2.23. The van der Waals surface area contributed by atoms with Crippen molar-refractivity contribution in [3.05, 3.63) is 0 Å². The van der Waals surface area contributed by atoms with Gasteiger partial charge in [-0.15, -0.1) is 0 Å². The number of thioether (sulfide) groups is 1. The van der Waals surface area contributed by atoms with Crippen molar-refractivity contribution >= 4 is 23.8 Å². The van der Waals surface area contributed by atoms with Crippen LogP contribution in [0.2, 0.25) is 0 Å². The van der Waals surface area contributed by atoms with Crippen LogP contribution in [0.25, 0.3) is 0 Å². The predicted octanol–water partition coefficient (Wildman–Crippen LogP) is 2.02. The van der Waals surface area contributed by atoms with Gasteiger partial charge in [0, 0.05) is 17.8 Å². The van der Waals surface area contributed by atoms with Crippen molar-refractivity contribution in [2.45, 2.75) is 44.4 Å². The van der Waals surface area contributed by atoms with Gasteiger partial charge >= 0.3 is 12.0 Å². The molecule has 1 fully saturated rings. The molecular weight excluding hydrogens is 264 g/mol. The van der Waals surface area contributed by atoms with Gasteiger partial charge in [-0.1, -0.05) is 6.92 Å². The number of likely N-dealkylation sites (tertiary alicyclic amines) is 1. The third-order valence-corrected chi connectivity index (χ3v) is 4.88. The number of rotatable bonds is 4. The molecule has 1 aliphatic heterocycles. The highest BCUT2D eigenvalue weighted by Gasteiger charge is 2.35.